The minimum Gasteiger partial charge on any atom is -0.329 e. The lowest BCUT2D eigenvalue weighted by Crippen LogP contribution is -2.37. The summed E-state index contributed by atoms with van der Waals surface area (Å²) < 4.78 is 0. The highest BCUT2D eigenvalue weighted by Gasteiger charge is 2.25. The highest BCUT2D eigenvalue weighted by molar-refractivity contribution is 7.11. The fourth-order valence-corrected chi connectivity index (χ4v) is 3.88. The molecular weight excluding hydrogens is 266 g/mol. The van der Waals surface area contributed by atoms with Crippen LogP contribution in [0.1, 0.15) is 34.0 Å². The average molecular weight is 287 g/mol. The molecule has 1 aromatic heterocycles. The van der Waals surface area contributed by atoms with Crippen LogP contribution in [0.25, 0.3) is 0 Å². The fourth-order valence-electron chi connectivity index (χ4n) is 2.87. The molecule has 0 saturated carbocycles. The van der Waals surface area contributed by atoms with Crippen LogP contribution in [-0.4, -0.2) is 23.0 Å². The van der Waals surface area contributed by atoms with Crippen molar-refractivity contribution in [1.29, 1.82) is 0 Å². The minimum atomic E-state index is 0.307. The number of hydrogen-bond acceptors (Lipinski definition) is 4. The Kier molecular flexibility index (Phi) is 4.15. The Hall–Kier alpha value is -1.23. The van der Waals surface area contributed by atoms with Crippen molar-refractivity contribution in [3.8, 4) is 0 Å². The van der Waals surface area contributed by atoms with E-state index in [1.165, 1.54) is 21.0 Å². The molecule has 0 fully saturated rings. The quantitative estimate of drug-likeness (QED) is 0.940. The lowest BCUT2D eigenvalue weighted by Gasteiger charge is -2.34. The molecule has 106 valence electrons. The molecule has 0 saturated heterocycles. The molecule has 0 bridgehead atoms. The second-order valence-electron chi connectivity index (χ2n) is 5.25. The molecule has 2 N–H and O–H groups in total. The first-order chi connectivity index (χ1) is 9.81. The van der Waals surface area contributed by atoms with E-state index in [1.54, 1.807) is 0 Å². The molecule has 1 aliphatic rings. The molecule has 4 heteroatoms. The zero-order chi connectivity index (χ0) is 13.9. The number of benzene rings is 1. The molecule has 3 rings (SSSR count). The predicted octanol–water partition coefficient (Wildman–Crippen LogP) is 2.76. The predicted molar refractivity (Wildman–Crippen MR) is 83.8 cm³/mol. The van der Waals surface area contributed by atoms with Gasteiger partial charge in [0.15, 0.2) is 0 Å². The third kappa shape index (κ3) is 2.64. The summed E-state index contributed by atoms with van der Waals surface area (Å²) in [6.07, 6.45) is 4.14. The van der Waals surface area contributed by atoms with E-state index < -0.39 is 0 Å². The number of nitrogens with zero attached hydrogens (tertiary/aromatic N) is 2. The molecule has 0 spiro atoms. The molecule has 1 aliphatic heterocycles. The van der Waals surface area contributed by atoms with Crippen molar-refractivity contribution in [2.45, 2.75) is 32.4 Å². The topological polar surface area (TPSA) is 42.1 Å². The van der Waals surface area contributed by atoms with Gasteiger partial charge in [-0.25, -0.2) is 4.98 Å². The van der Waals surface area contributed by atoms with Crippen LogP contribution in [0, 0.1) is 0 Å². The molecule has 20 heavy (non-hydrogen) atoms. The maximum Gasteiger partial charge on any atom is 0.0925 e. The zero-order valence-corrected chi connectivity index (χ0v) is 12.7. The lowest BCUT2D eigenvalue weighted by molar-refractivity contribution is 0.186. The van der Waals surface area contributed by atoms with Gasteiger partial charge in [-0.05, 0) is 24.0 Å². The Bertz CT molecular complexity index is 579. The van der Waals surface area contributed by atoms with Crippen LogP contribution in [0.3, 0.4) is 0 Å². The molecule has 2 heterocycles. The number of aromatic nitrogens is 1. The summed E-state index contributed by atoms with van der Waals surface area (Å²) in [4.78, 5) is 8.28. The monoisotopic (exact) mass is 287 g/mol. The number of hydrogen-bond donors (Lipinski definition) is 1. The van der Waals surface area contributed by atoms with Crippen molar-refractivity contribution in [3.05, 3.63) is 51.5 Å². The number of rotatable bonds is 4. The third-order valence-electron chi connectivity index (χ3n) is 4.03. The van der Waals surface area contributed by atoms with Crippen LogP contribution in [0.5, 0.6) is 0 Å². The Balaban J connectivity index is 1.81. The van der Waals surface area contributed by atoms with Gasteiger partial charge in [0, 0.05) is 30.7 Å². The summed E-state index contributed by atoms with van der Waals surface area (Å²) >= 11 is 1.81. The molecule has 2 aromatic rings. The molecule has 0 radical (unpaired) electrons. The highest BCUT2D eigenvalue weighted by atomic mass is 32.1. The summed E-state index contributed by atoms with van der Waals surface area (Å²) in [5.41, 5.74) is 8.97. The number of thiazole rings is 1. The molecule has 1 unspecified atom stereocenters. The van der Waals surface area contributed by atoms with Crippen LogP contribution >= 0.6 is 11.3 Å². The Morgan fingerprint density at radius 3 is 2.85 bits per heavy atom. The minimum absolute atomic E-state index is 0.307. The first kappa shape index (κ1) is 13.7. The lowest BCUT2D eigenvalue weighted by atomic mass is 9.98. The van der Waals surface area contributed by atoms with Crippen molar-refractivity contribution in [1.82, 2.24) is 9.88 Å². The molecule has 0 aliphatic carbocycles. The van der Waals surface area contributed by atoms with Crippen molar-refractivity contribution in [3.63, 3.8) is 0 Å². The van der Waals surface area contributed by atoms with Gasteiger partial charge in [0.25, 0.3) is 0 Å². The van der Waals surface area contributed by atoms with Crippen molar-refractivity contribution >= 4 is 11.3 Å². The summed E-state index contributed by atoms with van der Waals surface area (Å²) in [7, 11) is 0. The second kappa shape index (κ2) is 6.04. The van der Waals surface area contributed by atoms with Crippen LogP contribution in [-0.2, 0) is 19.4 Å². The third-order valence-corrected chi connectivity index (χ3v) is 5.27. The van der Waals surface area contributed by atoms with E-state index in [1.807, 2.05) is 17.5 Å². The molecule has 3 nitrogen and oxygen atoms in total. The van der Waals surface area contributed by atoms with Gasteiger partial charge in [0.2, 0.25) is 0 Å². The Morgan fingerprint density at radius 1 is 1.35 bits per heavy atom. The van der Waals surface area contributed by atoms with E-state index in [0.29, 0.717) is 12.6 Å². The molecule has 0 amide bonds. The van der Waals surface area contributed by atoms with Gasteiger partial charge in [-0.15, -0.1) is 11.3 Å². The van der Waals surface area contributed by atoms with E-state index in [2.05, 4.69) is 41.1 Å². The van der Waals surface area contributed by atoms with Gasteiger partial charge in [-0.1, -0.05) is 31.2 Å². The zero-order valence-electron chi connectivity index (χ0n) is 11.9. The normalized spacial score (nSPS) is 16.9. The summed E-state index contributed by atoms with van der Waals surface area (Å²) in [5.74, 6) is 0. The summed E-state index contributed by atoms with van der Waals surface area (Å²) in [5, 5.41) is 1.20. The smallest absolute Gasteiger partial charge is 0.0925 e. The maximum absolute atomic E-state index is 6.04. The standard InChI is InChI=1S/C16H21N3S/c1-2-16-18-10-15(20-16)14(9-17)19-8-7-12-5-3-4-6-13(12)11-19/h3-6,10,14H,2,7-9,11,17H2,1H3. The van der Waals surface area contributed by atoms with Crippen molar-refractivity contribution < 1.29 is 0 Å². The van der Waals surface area contributed by atoms with Gasteiger partial charge in [-0.3, -0.25) is 4.90 Å². The Labute approximate surface area is 124 Å². The summed E-state index contributed by atoms with van der Waals surface area (Å²) in [6.45, 7) is 4.89. The van der Waals surface area contributed by atoms with E-state index in [4.69, 9.17) is 5.73 Å². The Morgan fingerprint density at radius 2 is 2.15 bits per heavy atom. The van der Waals surface area contributed by atoms with Gasteiger partial charge in [-0.2, -0.15) is 0 Å². The van der Waals surface area contributed by atoms with Crippen LogP contribution in [0.2, 0.25) is 0 Å². The van der Waals surface area contributed by atoms with E-state index in [0.717, 1.165) is 25.9 Å². The van der Waals surface area contributed by atoms with E-state index in [-0.39, 0.29) is 0 Å². The second-order valence-corrected chi connectivity index (χ2v) is 6.40. The SMILES string of the molecule is CCc1ncc(C(CN)N2CCc3ccccc3C2)s1. The number of fused-ring (bicyclic) bond motifs is 1. The molecule has 1 aromatic carbocycles. The van der Waals surface area contributed by atoms with Crippen LogP contribution in [0.4, 0.5) is 0 Å². The van der Waals surface area contributed by atoms with Gasteiger partial charge >= 0.3 is 0 Å². The first-order valence-corrected chi connectivity index (χ1v) is 8.09. The fraction of sp³-hybridized carbons (Fsp3) is 0.438. The first-order valence-electron chi connectivity index (χ1n) is 7.27. The maximum atomic E-state index is 6.04. The van der Waals surface area contributed by atoms with Crippen LogP contribution in [0.15, 0.2) is 30.5 Å². The van der Waals surface area contributed by atoms with Gasteiger partial charge in [0.1, 0.15) is 0 Å². The van der Waals surface area contributed by atoms with E-state index >= 15 is 0 Å². The molecule has 1 atom stereocenters. The molecular formula is C16H21N3S. The summed E-state index contributed by atoms with van der Waals surface area (Å²) in [6, 6.07) is 9.04. The number of nitrogens with two attached hydrogens (primary N) is 1. The van der Waals surface area contributed by atoms with Crippen molar-refractivity contribution in [2.75, 3.05) is 13.1 Å². The average Bonchev–Trinajstić information content (AvgIpc) is 2.97. The largest absolute Gasteiger partial charge is 0.329 e. The van der Waals surface area contributed by atoms with E-state index in [9.17, 15) is 0 Å². The highest BCUT2D eigenvalue weighted by Crippen LogP contribution is 2.30. The van der Waals surface area contributed by atoms with Gasteiger partial charge in [0.05, 0.1) is 11.0 Å². The van der Waals surface area contributed by atoms with Crippen molar-refractivity contribution in [2.24, 2.45) is 5.73 Å². The number of aryl methyl sites for hydroxylation is 1. The van der Waals surface area contributed by atoms with Gasteiger partial charge < -0.3 is 5.73 Å². The van der Waals surface area contributed by atoms with Crippen LogP contribution < -0.4 is 5.73 Å².